The topological polar surface area (TPSA) is 64.7 Å². The number of aliphatic hydroxyl groups is 1. The average molecular weight is 325 g/mol. The zero-order valence-electron chi connectivity index (χ0n) is 9.35. The van der Waals surface area contributed by atoms with E-state index in [1.54, 1.807) is 0 Å². The molecule has 2 rings (SSSR count). The van der Waals surface area contributed by atoms with Gasteiger partial charge in [-0.2, -0.15) is 0 Å². The van der Waals surface area contributed by atoms with Crippen LogP contribution < -0.4 is 15.2 Å². The standard InChI is InChI=1S/C11H14BrNO3.ClH/c1-2-8(14)11(13)6-3-9-10(4-7(6)12)16-5-15-9;/h3-4,8,11,14H,2,5,13H2,1H3;1H/t8-,11+;/m1./s1. The first kappa shape index (κ1) is 14.6. The Morgan fingerprint density at radius 2 is 2.00 bits per heavy atom. The number of fused-ring (bicyclic) bond motifs is 1. The highest BCUT2D eigenvalue weighted by Gasteiger charge is 2.22. The monoisotopic (exact) mass is 323 g/mol. The maximum absolute atomic E-state index is 9.73. The molecule has 96 valence electrons. The van der Waals surface area contributed by atoms with Crippen LogP contribution in [-0.4, -0.2) is 18.0 Å². The number of ether oxygens (including phenoxy) is 2. The molecule has 3 N–H and O–H groups in total. The van der Waals surface area contributed by atoms with E-state index in [0.717, 1.165) is 10.0 Å². The van der Waals surface area contributed by atoms with E-state index in [1.807, 2.05) is 19.1 Å². The summed E-state index contributed by atoms with van der Waals surface area (Å²) in [4.78, 5) is 0. The molecule has 0 saturated heterocycles. The Labute approximate surface area is 115 Å². The van der Waals surface area contributed by atoms with E-state index in [2.05, 4.69) is 15.9 Å². The van der Waals surface area contributed by atoms with Gasteiger partial charge in [0, 0.05) is 4.47 Å². The molecule has 1 aliphatic rings. The molecule has 2 atom stereocenters. The van der Waals surface area contributed by atoms with Gasteiger partial charge in [-0.1, -0.05) is 22.9 Å². The minimum Gasteiger partial charge on any atom is -0.454 e. The Balaban J connectivity index is 0.00000144. The summed E-state index contributed by atoms with van der Waals surface area (Å²) in [6.45, 7) is 2.13. The first-order chi connectivity index (χ1) is 7.63. The number of halogens is 2. The number of nitrogens with two attached hydrogens (primary N) is 1. The fourth-order valence-corrected chi connectivity index (χ4v) is 2.24. The molecule has 1 heterocycles. The van der Waals surface area contributed by atoms with Crippen LogP contribution in [0.5, 0.6) is 11.5 Å². The van der Waals surface area contributed by atoms with Crippen molar-refractivity contribution >= 4 is 28.3 Å². The quantitative estimate of drug-likeness (QED) is 0.896. The van der Waals surface area contributed by atoms with Crippen LogP contribution in [0.15, 0.2) is 16.6 Å². The summed E-state index contributed by atoms with van der Waals surface area (Å²) in [6, 6.07) is 3.21. The molecule has 0 bridgehead atoms. The van der Waals surface area contributed by atoms with Crippen molar-refractivity contribution in [2.45, 2.75) is 25.5 Å². The molecule has 0 saturated carbocycles. The molecular formula is C11H15BrClNO3. The number of benzene rings is 1. The van der Waals surface area contributed by atoms with E-state index in [4.69, 9.17) is 15.2 Å². The zero-order valence-corrected chi connectivity index (χ0v) is 11.8. The van der Waals surface area contributed by atoms with E-state index < -0.39 is 12.1 Å². The highest BCUT2D eigenvalue weighted by Crippen LogP contribution is 2.39. The van der Waals surface area contributed by atoms with Gasteiger partial charge in [-0.3, -0.25) is 0 Å². The number of hydrogen-bond donors (Lipinski definition) is 2. The van der Waals surface area contributed by atoms with Gasteiger partial charge in [-0.25, -0.2) is 0 Å². The van der Waals surface area contributed by atoms with Crippen LogP contribution in [0.3, 0.4) is 0 Å². The summed E-state index contributed by atoms with van der Waals surface area (Å²) in [5.41, 5.74) is 6.80. The van der Waals surface area contributed by atoms with Gasteiger partial charge in [0.05, 0.1) is 12.1 Å². The van der Waals surface area contributed by atoms with Crippen LogP contribution in [0.2, 0.25) is 0 Å². The Kier molecular flexibility index (Phi) is 5.06. The maximum Gasteiger partial charge on any atom is 0.231 e. The SMILES string of the molecule is CC[C@@H](O)[C@@H](N)c1cc2c(cc1Br)OCO2.Cl. The largest absolute Gasteiger partial charge is 0.454 e. The van der Waals surface area contributed by atoms with E-state index in [1.165, 1.54) is 0 Å². The van der Waals surface area contributed by atoms with Gasteiger partial charge in [0.15, 0.2) is 11.5 Å². The van der Waals surface area contributed by atoms with Crippen LogP contribution in [0, 0.1) is 0 Å². The van der Waals surface area contributed by atoms with Crippen LogP contribution in [-0.2, 0) is 0 Å². The molecule has 1 aromatic rings. The smallest absolute Gasteiger partial charge is 0.231 e. The molecular weight excluding hydrogens is 309 g/mol. The Bertz CT molecular complexity index is 403. The fourth-order valence-electron chi connectivity index (χ4n) is 1.65. The van der Waals surface area contributed by atoms with Crippen molar-refractivity contribution in [3.05, 3.63) is 22.2 Å². The van der Waals surface area contributed by atoms with E-state index in [9.17, 15) is 5.11 Å². The van der Waals surface area contributed by atoms with Gasteiger partial charge in [0.1, 0.15) is 0 Å². The summed E-state index contributed by atoms with van der Waals surface area (Å²) in [6.07, 6.45) is 0.0545. The van der Waals surface area contributed by atoms with Crippen LogP contribution >= 0.6 is 28.3 Å². The minimum absolute atomic E-state index is 0. The van der Waals surface area contributed by atoms with Crippen molar-refractivity contribution in [3.63, 3.8) is 0 Å². The summed E-state index contributed by atoms with van der Waals surface area (Å²) < 4.78 is 11.4. The lowest BCUT2D eigenvalue weighted by Gasteiger charge is -2.19. The molecule has 0 unspecified atom stereocenters. The fraction of sp³-hybridized carbons (Fsp3) is 0.455. The Hall–Kier alpha value is -0.490. The normalized spacial score (nSPS) is 16.2. The van der Waals surface area contributed by atoms with Crippen molar-refractivity contribution < 1.29 is 14.6 Å². The highest BCUT2D eigenvalue weighted by atomic mass is 79.9. The molecule has 0 radical (unpaired) electrons. The van der Waals surface area contributed by atoms with Crippen molar-refractivity contribution in [1.29, 1.82) is 0 Å². The molecule has 17 heavy (non-hydrogen) atoms. The predicted molar refractivity (Wildman–Crippen MR) is 70.7 cm³/mol. The Morgan fingerprint density at radius 3 is 2.59 bits per heavy atom. The van der Waals surface area contributed by atoms with Crippen molar-refractivity contribution in [2.75, 3.05) is 6.79 Å². The molecule has 0 aliphatic carbocycles. The Morgan fingerprint density at radius 1 is 1.41 bits per heavy atom. The molecule has 0 spiro atoms. The number of hydrogen-bond acceptors (Lipinski definition) is 4. The highest BCUT2D eigenvalue weighted by molar-refractivity contribution is 9.10. The second-order valence-corrected chi connectivity index (χ2v) is 4.58. The first-order valence-corrected chi connectivity index (χ1v) is 5.95. The number of rotatable bonds is 3. The van der Waals surface area contributed by atoms with Gasteiger partial charge in [0.25, 0.3) is 0 Å². The van der Waals surface area contributed by atoms with Crippen LogP contribution in [0.4, 0.5) is 0 Å². The van der Waals surface area contributed by atoms with Gasteiger partial charge < -0.3 is 20.3 Å². The average Bonchev–Trinajstić information content (AvgIpc) is 2.72. The van der Waals surface area contributed by atoms with Crippen LogP contribution in [0.1, 0.15) is 24.9 Å². The third-order valence-electron chi connectivity index (χ3n) is 2.68. The molecule has 6 heteroatoms. The van der Waals surface area contributed by atoms with Crippen molar-refractivity contribution in [3.8, 4) is 11.5 Å². The third-order valence-corrected chi connectivity index (χ3v) is 3.37. The molecule has 4 nitrogen and oxygen atoms in total. The number of aliphatic hydroxyl groups excluding tert-OH is 1. The molecule has 1 aromatic carbocycles. The van der Waals surface area contributed by atoms with Gasteiger partial charge in [-0.05, 0) is 24.1 Å². The lowest BCUT2D eigenvalue weighted by atomic mass is 10.0. The minimum atomic E-state index is -0.559. The van der Waals surface area contributed by atoms with E-state index >= 15 is 0 Å². The molecule has 1 aliphatic heterocycles. The van der Waals surface area contributed by atoms with Crippen molar-refractivity contribution in [2.24, 2.45) is 5.73 Å². The lowest BCUT2D eigenvalue weighted by molar-refractivity contribution is 0.140. The van der Waals surface area contributed by atoms with E-state index in [-0.39, 0.29) is 19.2 Å². The molecule has 0 amide bonds. The zero-order chi connectivity index (χ0) is 11.7. The third kappa shape index (κ3) is 2.85. The summed E-state index contributed by atoms with van der Waals surface area (Å²) in [7, 11) is 0. The van der Waals surface area contributed by atoms with Gasteiger partial charge >= 0.3 is 0 Å². The van der Waals surface area contributed by atoms with Crippen molar-refractivity contribution in [1.82, 2.24) is 0 Å². The molecule has 0 fully saturated rings. The van der Waals surface area contributed by atoms with Gasteiger partial charge in [0.2, 0.25) is 6.79 Å². The second kappa shape index (κ2) is 5.91. The van der Waals surface area contributed by atoms with Gasteiger partial charge in [-0.15, -0.1) is 12.4 Å². The maximum atomic E-state index is 9.73. The summed E-state index contributed by atoms with van der Waals surface area (Å²) >= 11 is 3.42. The molecule has 0 aromatic heterocycles. The predicted octanol–water partition coefficient (Wildman–Crippen LogP) is 2.37. The summed E-state index contributed by atoms with van der Waals surface area (Å²) in [5.74, 6) is 1.38. The second-order valence-electron chi connectivity index (χ2n) is 3.73. The van der Waals surface area contributed by atoms with E-state index in [0.29, 0.717) is 17.9 Å². The first-order valence-electron chi connectivity index (χ1n) is 5.16. The lowest BCUT2D eigenvalue weighted by Crippen LogP contribution is -2.25. The van der Waals surface area contributed by atoms with Crippen LogP contribution in [0.25, 0.3) is 0 Å². The summed E-state index contributed by atoms with van der Waals surface area (Å²) in [5, 5.41) is 9.73.